The van der Waals surface area contributed by atoms with Crippen LogP contribution in [-0.4, -0.2) is 38.2 Å². The smallest absolute Gasteiger partial charge is 0.339 e. The zero-order valence-corrected chi connectivity index (χ0v) is 18.0. The molecule has 3 aromatic rings. The number of aryl methyl sites for hydroxylation is 1. The third-order valence-electron chi connectivity index (χ3n) is 7.13. The number of piperidine rings is 1. The number of nitrogens with zero attached hydrogens (tertiary/aromatic N) is 4. The minimum absolute atomic E-state index is 0.0481. The lowest BCUT2D eigenvalue weighted by molar-refractivity contribution is 0.0531. The van der Waals surface area contributed by atoms with Crippen LogP contribution in [0, 0.1) is 11.2 Å². The van der Waals surface area contributed by atoms with Gasteiger partial charge in [-0.05, 0) is 48.8 Å². The molecule has 32 heavy (non-hydrogen) atoms. The highest BCUT2D eigenvalue weighted by Crippen LogP contribution is 2.41. The van der Waals surface area contributed by atoms with Crippen LogP contribution in [0.2, 0.25) is 0 Å². The van der Waals surface area contributed by atoms with Crippen LogP contribution in [0.4, 0.5) is 4.39 Å². The summed E-state index contributed by atoms with van der Waals surface area (Å²) >= 11 is 0. The van der Waals surface area contributed by atoms with Crippen molar-refractivity contribution in [1.82, 2.24) is 19.2 Å². The highest BCUT2D eigenvalue weighted by Gasteiger charge is 2.38. The Morgan fingerprint density at radius 2 is 1.62 bits per heavy atom. The van der Waals surface area contributed by atoms with Gasteiger partial charge in [0.2, 0.25) is 0 Å². The molecule has 0 N–H and O–H groups in total. The minimum Gasteiger partial charge on any atom is -0.339 e. The van der Waals surface area contributed by atoms with Crippen LogP contribution < -0.4 is 5.69 Å². The molecule has 0 radical (unpaired) electrons. The Hall–Kier alpha value is -3.22. The second-order valence-corrected chi connectivity index (χ2v) is 9.02. The number of benzene rings is 2. The van der Waals surface area contributed by atoms with Gasteiger partial charge in [-0.15, -0.1) is 0 Å². The van der Waals surface area contributed by atoms with Crippen molar-refractivity contribution < 1.29 is 9.18 Å². The van der Waals surface area contributed by atoms with E-state index < -0.39 is 5.82 Å². The molecule has 1 saturated heterocycles. The van der Waals surface area contributed by atoms with Gasteiger partial charge in [0.05, 0.1) is 12.1 Å². The zero-order chi connectivity index (χ0) is 22.1. The summed E-state index contributed by atoms with van der Waals surface area (Å²) in [5.74, 6) is 0.153. The highest BCUT2D eigenvalue weighted by atomic mass is 19.1. The fraction of sp³-hybridized carbons (Fsp3) is 0.400. The van der Waals surface area contributed by atoms with Gasteiger partial charge in [-0.1, -0.05) is 42.5 Å². The van der Waals surface area contributed by atoms with Crippen molar-refractivity contribution in [2.75, 3.05) is 13.1 Å². The molecule has 0 atom stereocenters. The van der Waals surface area contributed by atoms with Crippen LogP contribution >= 0.6 is 0 Å². The highest BCUT2D eigenvalue weighted by molar-refractivity contribution is 5.94. The number of carbonyl (C=O) groups excluding carboxylic acids is 1. The molecule has 1 spiro atoms. The quantitative estimate of drug-likeness (QED) is 0.634. The molecular formula is C25H27FN4O2. The summed E-state index contributed by atoms with van der Waals surface area (Å²) in [5.41, 5.74) is 1.26. The summed E-state index contributed by atoms with van der Waals surface area (Å²) in [6, 6.07) is 16.1. The fourth-order valence-corrected chi connectivity index (χ4v) is 5.09. The van der Waals surface area contributed by atoms with Gasteiger partial charge in [0, 0.05) is 26.1 Å². The van der Waals surface area contributed by atoms with Crippen molar-refractivity contribution in [3.8, 4) is 0 Å². The van der Waals surface area contributed by atoms with E-state index in [1.807, 2.05) is 34.9 Å². The predicted octanol–water partition coefficient (Wildman–Crippen LogP) is 3.49. The van der Waals surface area contributed by atoms with E-state index in [-0.39, 0.29) is 22.6 Å². The third kappa shape index (κ3) is 3.87. The van der Waals surface area contributed by atoms with E-state index in [4.69, 9.17) is 0 Å². The van der Waals surface area contributed by atoms with E-state index in [0.717, 1.165) is 43.5 Å². The molecule has 5 rings (SSSR count). The number of halogens is 1. The first kappa shape index (κ1) is 20.7. The molecule has 3 heterocycles. The van der Waals surface area contributed by atoms with Gasteiger partial charge >= 0.3 is 5.69 Å². The largest absolute Gasteiger partial charge is 0.346 e. The number of likely N-dealkylation sites (tertiary alicyclic amines) is 1. The van der Waals surface area contributed by atoms with E-state index in [0.29, 0.717) is 26.2 Å². The Kier molecular flexibility index (Phi) is 5.41. The molecule has 2 aromatic carbocycles. The van der Waals surface area contributed by atoms with E-state index in [9.17, 15) is 14.0 Å². The average molecular weight is 435 g/mol. The first-order valence-electron chi connectivity index (χ1n) is 11.3. The Bertz CT molecular complexity index is 1180. The van der Waals surface area contributed by atoms with E-state index >= 15 is 0 Å². The van der Waals surface area contributed by atoms with Crippen LogP contribution in [0.1, 0.15) is 47.4 Å². The summed E-state index contributed by atoms with van der Waals surface area (Å²) < 4.78 is 17.4. The number of aromatic nitrogens is 3. The van der Waals surface area contributed by atoms with Gasteiger partial charge in [-0.3, -0.25) is 9.36 Å². The molecule has 6 nitrogen and oxygen atoms in total. The normalized spacial score (nSPS) is 17.7. The predicted molar refractivity (Wildman–Crippen MR) is 119 cm³/mol. The van der Waals surface area contributed by atoms with Crippen molar-refractivity contribution in [3.63, 3.8) is 0 Å². The number of hydrogen-bond acceptors (Lipinski definition) is 3. The van der Waals surface area contributed by atoms with Gasteiger partial charge < -0.3 is 4.90 Å². The SMILES string of the molecule is O=C(c1ccccc1F)N1CCC2(CCc3nn(Cc4ccccc4)c(=O)n3CC2)CC1. The molecule has 7 heteroatoms. The van der Waals surface area contributed by atoms with Crippen LogP contribution in [0.15, 0.2) is 59.4 Å². The number of hydrogen-bond donors (Lipinski definition) is 0. The van der Waals surface area contributed by atoms with Crippen LogP contribution in [0.25, 0.3) is 0 Å². The van der Waals surface area contributed by atoms with Gasteiger partial charge in [-0.25, -0.2) is 13.9 Å². The molecule has 2 aliphatic heterocycles. The summed E-state index contributed by atoms with van der Waals surface area (Å²) in [5, 5.41) is 4.64. The average Bonchev–Trinajstić information content (AvgIpc) is 3.00. The first-order valence-corrected chi connectivity index (χ1v) is 11.3. The molecule has 0 unspecified atom stereocenters. The Morgan fingerprint density at radius 3 is 2.38 bits per heavy atom. The Labute approximate surface area is 186 Å². The number of carbonyl (C=O) groups is 1. The Morgan fingerprint density at radius 1 is 0.938 bits per heavy atom. The molecule has 1 fully saturated rings. The molecule has 166 valence electrons. The van der Waals surface area contributed by atoms with Crippen LogP contribution in [0.5, 0.6) is 0 Å². The van der Waals surface area contributed by atoms with Crippen LogP contribution in [-0.2, 0) is 19.5 Å². The van der Waals surface area contributed by atoms with E-state index in [1.54, 1.807) is 27.8 Å². The molecule has 0 aliphatic carbocycles. The maximum atomic E-state index is 14.0. The van der Waals surface area contributed by atoms with Crippen molar-refractivity contribution in [2.24, 2.45) is 5.41 Å². The third-order valence-corrected chi connectivity index (χ3v) is 7.13. The molecule has 0 saturated carbocycles. The molecule has 0 bridgehead atoms. The van der Waals surface area contributed by atoms with Gasteiger partial charge in [-0.2, -0.15) is 5.10 Å². The molecule has 2 aliphatic rings. The topological polar surface area (TPSA) is 60.1 Å². The van der Waals surface area contributed by atoms with E-state index in [2.05, 4.69) is 5.10 Å². The lowest BCUT2D eigenvalue weighted by Crippen LogP contribution is -2.43. The summed E-state index contributed by atoms with van der Waals surface area (Å²) in [6.45, 7) is 2.38. The van der Waals surface area contributed by atoms with Crippen molar-refractivity contribution in [2.45, 2.75) is 45.2 Å². The van der Waals surface area contributed by atoms with E-state index in [1.165, 1.54) is 6.07 Å². The summed E-state index contributed by atoms with van der Waals surface area (Å²) in [7, 11) is 0. The lowest BCUT2D eigenvalue weighted by Gasteiger charge is -2.41. The van der Waals surface area contributed by atoms with Gasteiger partial charge in [0.1, 0.15) is 11.6 Å². The number of rotatable bonds is 3. The second-order valence-electron chi connectivity index (χ2n) is 9.02. The second kappa shape index (κ2) is 8.37. The molecule has 1 aromatic heterocycles. The van der Waals surface area contributed by atoms with Crippen molar-refractivity contribution in [1.29, 1.82) is 0 Å². The summed E-state index contributed by atoms with van der Waals surface area (Å²) in [4.78, 5) is 27.5. The molecule has 1 amide bonds. The Balaban J connectivity index is 1.25. The van der Waals surface area contributed by atoms with Crippen molar-refractivity contribution in [3.05, 3.63) is 87.9 Å². The van der Waals surface area contributed by atoms with Gasteiger partial charge in [0.25, 0.3) is 5.91 Å². The monoisotopic (exact) mass is 434 g/mol. The number of fused-ring (bicyclic) bond motifs is 1. The lowest BCUT2D eigenvalue weighted by atomic mass is 9.72. The number of amides is 1. The fourth-order valence-electron chi connectivity index (χ4n) is 5.09. The van der Waals surface area contributed by atoms with Crippen molar-refractivity contribution >= 4 is 5.91 Å². The minimum atomic E-state index is -0.468. The first-order chi connectivity index (χ1) is 15.5. The van der Waals surface area contributed by atoms with Gasteiger partial charge in [0.15, 0.2) is 0 Å². The molecular weight excluding hydrogens is 407 g/mol. The maximum Gasteiger partial charge on any atom is 0.346 e. The summed E-state index contributed by atoms with van der Waals surface area (Å²) in [6.07, 6.45) is 4.36. The maximum absolute atomic E-state index is 14.0. The van der Waals surface area contributed by atoms with Crippen LogP contribution in [0.3, 0.4) is 0 Å². The standard InChI is InChI=1S/C25H27FN4O2/c26-21-9-5-4-8-20(21)23(31)28-15-12-25(13-16-28)11-10-22-27-30(24(32)29(22)17-14-25)18-19-6-2-1-3-7-19/h1-9H,10-18H2. The zero-order valence-electron chi connectivity index (χ0n) is 18.0.